The molecule has 2 heterocycles. The Bertz CT molecular complexity index is 1940. The topological polar surface area (TPSA) is 114 Å². The highest BCUT2D eigenvalue weighted by Crippen LogP contribution is 2.46. The van der Waals surface area contributed by atoms with Crippen molar-refractivity contribution in [3.05, 3.63) is 83.9 Å². The summed E-state index contributed by atoms with van der Waals surface area (Å²) in [7, 11) is 0. The van der Waals surface area contributed by atoms with Gasteiger partial charge in [-0.3, -0.25) is 0 Å². The summed E-state index contributed by atoms with van der Waals surface area (Å²) in [5, 5.41) is 46.1. The Labute approximate surface area is 289 Å². The van der Waals surface area contributed by atoms with E-state index in [1.165, 1.54) is 9.59 Å². The lowest BCUT2D eigenvalue weighted by molar-refractivity contribution is 0.283. The first-order valence-corrected chi connectivity index (χ1v) is 17.0. The van der Waals surface area contributed by atoms with Gasteiger partial charge in [-0.05, 0) is 94.2 Å². The Hall–Kier alpha value is -4.92. The number of aromatic nitrogens is 6. The summed E-state index contributed by atoms with van der Waals surface area (Å²) >= 11 is 0. The maximum absolute atomic E-state index is 11.9. The molecule has 4 aromatic carbocycles. The minimum atomic E-state index is -0.271. The van der Waals surface area contributed by atoms with Gasteiger partial charge in [-0.2, -0.15) is 0 Å². The van der Waals surface area contributed by atoms with E-state index in [9.17, 15) is 10.2 Å². The average molecular weight is 660 g/mol. The number of phenolic OH excluding ortho intramolecular Hbond substituents is 2. The third-order valence-electron chi connectivity index (χ3n) is 8.96. The molecule has 49 heavy (non-hydrogen) atoms. The van der Waals surface area contributed by atoms with Crippen LogP contribution in [0.5, 0.6) is 11.5 Å². The van der Waals surface area contributed by atoms with Gasteiger partial charge in [0.05, 0.1) is 11.4 Å². The molecule has 0 spiro atoms. The normalized spacial score (nSPS) is 13.0. The fraction of sp³-hybridized carbons (Fsp3) is 0.400. The van der Waals surface area contributed by atoms with Crippen LogP contribution in [0.25, 0.3) is 33.4 Å². The van der Waals surface area contributed by atoms with Crippen LogP contribution in [0, 0.1) is 10.8 Å². The van der Waals surface area contributed by atoms with Gasteiger partial charge >= 0.3 is 0 Å². The van der Waals surface area contributed by atoms with Crippen molar-refractivity contribution in [1.82, 2.24) is 30.0 Å². The van der Waals surface area contributed by atoms with Crippen LogP contribution < -0.4 is 5.32 Å². The zero-order valence-electron chi connectivity index (χ0n) is 30.4. The Balaban J connectivity index is 1.55. The fourth-order valence-corrected chi connectivity index (χ4v) is 7.45. The van der Waals surface area contributed by atoms with Gasteiger partial charge in [-0.25, -0.2) is 0 Å². The Morgan fingerprint density at radius 2 is 0.816 bits per heavy atom. The molecule has 9 heteroatoms. The first-order chi connectivity index (χ1) is 22.8. The first kappa shape index (κ1) is 34.0. The molecular formula is C40H49N7O2. The number of aromatic hydroxyl groups is 2. The standard InChI is InChI=1S/C40H49N7O2/c1-37(2,3)23-39(7,8)25-19-31(35(48)33(21-25)46-42-27-15-11-12-16-28(27)43-46)41-32-20-26(40(9,10)24-38(4,5)6)22-34(36(32)49)47-44-29-17-13-14-18-30(29)45-47/h11-22,41,48-49H,23-24H2,1-10H3. The van der Waals surface area contributed by atoms with E-state index in [2.05, 4.69) is 74.6 Å². The highest BCUT2D eigenvalue weighted by atomic mass is 16.3. The fourth-order valence-electron chi connectivity index (χ4n) is 7.45. The largest absolute Gasteiger partial charge is 0.504 e. The van der Waals surface area contributed by atoms with Crippen LogP contribution in [0.2, 0.25) is 0 Å². The molecule has 0 atom stereocenters. The zero-order valence-corrected chi connectivity index (χ0v) is 30.4. The lowest BCUT2D eigenvalue weighted by atomic mass is 9.72. The van der Waals surface area contributed by atoms with Gasteiger partial charge in [0.25, 0.3) is 0 Å². The van der Waals surface area contributed by atoms with E-state index >= 15 is 0 Å². The monoisotopic (exact) mass is 659 g/mol. The second-order valence-corrected chi connectivity index (χ2v) is 17.1. The molecule has 0 aliphatic rings. The molecule has 0 aliphatic carbocycles. The van der Waals surface area contributed by atoms with E-state index in [-0.39, 0.29) is 33.2 Å². The van der Waals surface area contributed by atoms with Crippen LogP contribution in [0.15, 0.2) is 72.8 Å². The number of nitrogens with zero attached hydrogens (tertiary/aromatic N) is 6. The van der Waals surface area contributed by atoms with E-state index < -0.39 is 0 Å². The van der Waals surface area contributed by atoms with Crippen LogP contribution in [0.4, 0.5) is 11.4 Å². The van der Waals surface area contributed by atoms with Gasteiger partial charge in [-0.15, -0.1) is 30.0 Å². The molecule has 6 aromatic rings. The van der Waals surface area contributed by atoms with Crippen LogP contribution in [0.1, 0.15) is 93.2 Å². The SMILES string of the molecule is CC(C)(C)CC(C)(C)c1cc(Nc2cc(C(C)(C)CC(C)(C)C)cc(-n3nc4ccccc4n3)c2O)c(O)c(-n2nc3ccccc3n2)c1. The molecule has 256 valence electrons. The molecule has 0 saturated carbocycles. The molecule has 0 unspecified atom stereocenters. The Morgan fingerprint density at radius 3 is 1.10 bits per heavy atom. The number of phenols is 2. The average Bonchev–Trinajstić information content (AvgIpc) is 3.61. The summed E-state index contributed by atoms with van der Waals surface area (Å²) in [4.78, 5) is 2.99. The summed E-state index contributed by atoms with van der Waals surface area (Å²) in [6, 6.07) is 23.2. The molecule has 6 rings (SSSR count). The summed E-state index contributed by atoms with van der Waals surface area (Å²) in [5.74, 6) is -0.0576. The van der Waals surface area contributed by atoms with Gasteiger partial charge in [0, 0.05) is 0 Å². The number of anilines is 2. The Kier molecular flexibility index (Phi) is 8.24. The summed E-state index contributed by atoms with van der Waals surface area (Å²) < 4.78 is 0. The van der Waals surface area contributed by atoms with Gasteiger partial charge in [0.1, 0.15) is 33.4 Å². The number of nitrogens with one attached hydrogen (secondary N) is 1. The molecule has 0 amide bonds. The minimum absolute atomic E-state index is 0.0288. The molecule has 9 nitrogen and oxygen atoms in total. The van der Waals surface area contributed by atoms with E-state index in [0.717, 1.165) is 46.0 Å². The molecule has 0 fully saturated rings. The summed E-state index contributed by atoms with van der Waals surface area (Å²) in [5.41, 5.74) is 6.23. The minimum Gasteiger partial charge on any atom is -0.504 e. The second-order valence-electron chi connectivity index (χ2n) is 17.1. The third-order valence-corrected chi connectivity index (χ3v) is 8.96. The Morgan fingerprint density at radius 1 is 0.510 bits per heavy atom. The number of benzene rings is 4. The molecule has 2 aromatic heterocycles. The van der Waals surface area contributed by atoms with Gasteiger partial charge < -0.3 is 15.5 Å². The van der Waals surface area contributed by atoms with Gasteiger partial charge in [0.2, 0.25) is 0 Å². The summed E-state index contributed by atoms with van der Waals surface area (Å²) in [6.45, 7) is 22.2. The van der Waals surface area contributed by atoms with Crippen LogP contribution in [0.3, 0.4) is 0 Å². The smallest absolute Gasteiger partial charge is 0.166 e. The highest BCUT2D eigenvalue weighted by Gasteiger charge is 2.32. The second kappa shape index (κ2) is 11.9. The van der Waals surface area contributed by atoms with Crippen LogP contribution in [-0.2, 0) is 10.8 Å². The quantitative estimate of drug-likeness (QED) is 0.139. The van der Waals surface area contributed by atoms with Gasteiger partial charge in [0.15, 0.2) is 11.5 Å². The number of hydrogen-bond donors (Lipinski definition) is 3. The third kappa shape index (κ3) is 7.12. The predicted octanol–water partition coefficient (Wildman–Crippen LogP) is 9.74. The summed E-state index contributed by atoms with van der Waals surface area (Å²) in [6.07, 6.45) is 1.78. The molecular weight excluding hydrogens is 610 g/mol. The lowest BCUT2D eigenvalue weighted by Gasteiger charge is -2.34. The molecule has 0 radical (unpaired) electrons. The van der Waals surface area contributed by atoms with Crippen molar-refractivity contribution >= 4 is 33.4 Å². The highest BCUT2D eigenvalue weighted by molar-refractivity contribution is 5.80. The predicted molar refractivity (Wildman–Crippen MR) is 199 cm³/mol. The molecule has 0 aliphatic heterocycles. The molecule has 3 N–H and O–H groups in total. The maximum atomic E-state index is 11.9. The van der Waals surface area contributed by atoms with Crippen molar-refractivity contribution in [3.8, 4) is 22.9 Å². The van der Waals surface area contributed by atoms with Crippen molar-refractivity contribution in [2.45, 2.75) is 92.9 Å². The van der Waals surface area contributed by atoms with Crippen molar-refractivity contribution in [1.29, 1.82) is 0 Å². The maximum Gasteiger partial charge on any atom is 0.166 e. The van der Waals surface area contributed by atoms with E-state index in [0.29, 0.717) is 22.7 Å². The number of hydrogen-bond acceptors (Lipinski definition) is 7. The molecule has 0 saturated heterocycles. The number of fused-ring (bicyclic) bond motifs is 2. The van der Waals surface area contributed by atoms with Crippen molar-refractivity contribution in [3.63, 3.8) is 0 Å². The molecule has 0 bridgehead atoms. The van der Waals surface area contributed by atoms with Crippen molar-refractivity contribution in [2.24, 2.45) is 10.8 Å². The van der Waals surface area contributed by atoms with Crippen LogP contribution in [-0.4, -0.2) is 40.2 Å². The first-order valence-electron chi connectivity index (χ1n) is 17.0. The lowest BCUT2D eigenvalue weighted by Crippen LogP contribution is -2.25. The zero-order chi connectivity index (χ0) is 35.5. The number of rotatable bonds is 8. The van der Waals surface area contributed by atoms with E-state index in [1.54, 1.807) is 0 Å². The van der Waals surface area contributed by atoms with Crippen molar-refractivity contribution < 1.29 is 10.2 Å². The van der Waals surface area contributed by atoms with Crippen molar-refractivity contribution in [2.75, 3.05) is 5.32 Å². The van der Waals surface area contributed by atoms with E-state index in [1.807, 2.05) is 72.8 Å². The van der Waals surface area contributed by atoms with Gasteiger partial charge in [-0.1, -0.05) is 93.5 Å². The van der Waals surface area contributed by atoms with Crippen LogP contribution >= 0.6 is 0 Å². The van der Waals surface area contributed by atoms with E-state index in [4.69, 9.17) is 20.4 Å².